The molecule has 27 heavy (non-hydrogen) atoms. The summed E-state index contributed by atoms with van der Waals surface area (Å²) in [5.41, 5.74) is 0.969. The first-order valence-corrected chi connectivity index (χ1v) is 8.83. The van der Waals surface area contributed by atoms with Crippen molar-refractivity contribution in [3.8, 4) is 17.4 Å². The molecule has 3 rings (SSSR count). The van der Waals surface area contributed by atoms with Crippen LogP contribution in [0.3, 0.4) is 0 Å². The quantitative estimate of drug-likeness (QED) is 0.392. The summed E-state index contributed by atoms with van der Waals surface area (Å²) in [7, 11) is 0. The third-order valence-electron chi connectivity index (χ3n) is 3.54. The average molecular weight is 418 g/mol. The van der Waals surface area contributed by atoms with Gasteiger partial charge in [0.1, 0.15) is 23.2 Å². The summed E-state index contributed by atoms with van der Waals surface area (Å²) in [6.45, 7) is 0. The van der Waals surface area contributed by atoms with E-state index >= 15 is 0 Å². The summed E-state index contributed by atoms with van der Waals surface area (Å²) in [5.74, 6) is 0.276. The smallest absolute Gasteiger partial charge is 0.266 e. The van der Waals surface area contributed by atoms with Gasteiger partial charge in [-0.15, -0.1) is 0 Å². The van der Waals surface area contributed by atoms with Crippen LogP contribution in [0, 0.1) is 11.3 Å². The molecule has 0 spiro atoms. The number of nitrogens with zero attached hydrogens (tertiary/aromatic N) is 1. The van der Waals surface area contributed by atoms with Gasteiger partial charge < -0.3 is 9.73 Å². The number of hydrogen-bond acceptors (Lipinski definition) is 3. The zero-order valence-corrected chi connectivity index (χ0v) is 15.9. The molecule has 1 amide bonds. The number of rotatable bonds is 4. The molecule has 4 nitrogen and oxygen atoms in total. The van der Waals surface area contributed by atoms with E-state index in [1.807, 2.05) is 24.3 Å². The van der Waals surface area contributed by atoms with Crippen LogP contribution in [0.25, 0.3) is 17.4 Å². The van der Waals surface area contributed by atoms with Gasteiger partial charge in [0, 0.05) is 27.4 Å². The van der Waals surface area contributed by atoms with Crippen molar-refractivity contribution in [3.63, 3.8) is 0 Å². The van der Waals surface area contributed by atoms with Crippen molar-refractivity contribution in [1.82, 2.24) is 0 Å². The third kappa shape index (κ3) is 4.72. The second kappa shape index (κ2) is 8.32. The highest BCUT2D eigenvalue weighted by molar-refractivity contribution is 6.35. The minimum Gasteiger partial charge on any atom is -0.457 e. The molecule has 1 N–H and O–H groups in total. The second-order valence-electron chi connectivity index (χ2n) is 5.46. The lowest BCUT2D eigenvalue weighted by Gasteiger charge is -2.05. The van der Waals surface area contributed by atoms with Gasteiger partial charge in [-0.3, -0.25) is 4.79 Å². The van der Waals surface area contributed by atoms with Crippen molar-refractivity contribution >= 4 is 52.5 Å². The first kappa shape index (κ1) is 19.1. The predicted octanol–water partition coefficient (Wildman–Crippen LogP) is 6.45. The Balaban J connectivity index is 1.83. The van der Waals surface area contributed by atoms with Gasteiger partial charge in [0.2, 0.25) is 0 Å². The maximum Gasteiger partial charge on any atom is 0.266 e. The Morgan fingerprint density at radius 3 is 2.41 bits per heavy atom. The molecule has 1 heterocycles. The summed E-state index contributed by atoms with van der Waals surface area (Å²) in [4.78, 5) is 12.4. The Morgan fingerprint density at radius 2 is 1.74 bits per heavy atom. The highest BCUT2D eigenvalue weighted by atomic mass is 35.5. The highest BCUT2D eigenvalue weighted by Crippen LogP contribution is 2.29. The SMILES string of the molecule is N#C/C(=C\c1ccc(-c2ccccc2Cl)o1)C(=O)Nc1cc(Cl)cc(Cl)c1. The van der Waals surface area contributed by atoms with E-state index in [1.165, 1.54) is 18.2 Å². The molecule has 0 atom stereocenters. The number of furan rings is 1. The summed E-state index contributed by atoms with van der Waals surface area (Å²) >= 11 is 18.0. The molecule has 0 aliphatic rings. The Kier molecular flexibility index (Phi) is 5.88. The first-order valence-electron chi connectivity index (χ1n) is 7.70. The molecule has 0 aliphatic carbocycles. The number of hydrogen-bond donors (Lipinski definition) is 1. The molecule has 0 aliphatic heterocycles. The zero-order valence-electron chi connectivity index (χ0n) is 13.7. The number of anilines is 1. The van der Waals surface area contributed by atoms with Crippen LogP contribution in [0.15, 0.2) is 64.6 Å². The molecule has 0 saturated heterocycles. The topological polar surface area (TPSA) is 66.0 Å². The van der Waals surface area contributed by atoms with Crippen molar-refractivity contribution in [1.29, 1.82) is 5.26 Å². The minimum absolute atomic E-state index is 0.133. The minimum atomic E-state index is -0.605. The Morgan fingerprint density at radius 1 is 1.04 bits per heavy atom. The summed E-state index contributed by atoms with van der Waals surface area (Å²) in [6.07, 6.45) is 1.35. The van der Waals surface area contributed by atoms with Crippen LogP contribution in [-0.4, -0.2) is 5.91 Å². The molecule has 0 saturated carbocycles. The van der Waals surface area contributed by atoms with E-state index in [1.54, 1.807) is 24.3 Å². The molecule has 3 aromatic rings. The molecular formula is C20H11Cl3N2O2. The highest BCUT2D eigenvalue weighted by Gasteiger charge is 2.13. The monoisotopic (exact) mass is 416 g/mol. The van der Waals surface area contributed by atoms with Crippen molar-refractivity contribution in [2.24, 2.45) is 0 Å². The number of nitrogens with one attached hydrogen (secondary N) is 1. The Bertz CT molecular complexity index is 1060. The molecule has 7 heteroatoms. The zero-order chi connectivity index (χ0) is 19.4. The van der Waals surface area contributed by atoms with Gasteiger partial charge >= 0.3 is 0 Å². The van der Waals surface area contributed by atoms with E-state index in [0.717, 1.165) is 5.56 Å². The van der Waals surface area contributed by atoms with Crippen LogP contribution in [-0.2, 0) is 4.79 Å². The number of amides is 1. The average Bonchev–Trinajstić information content (AvgIpc) is 3.07. The van der Waals surface area contributed by atoms with Gasteiger partial charge in [-0.2, -0.15) is 5.26 Å². The normalized spacial score (nSPS) is 11.1. The predicted molar refractivity (Wildman–Crippen MR) is 108 cm³/mol. The van der Waals surface area contributed by atoms with Crippen molar-refractivity contribution < 1.29 is 9.21 Å². The molecule has 0 unspecified atom stereocenters. The fraction of sp³-hybridized carbons (Fsp3) is 0. The molecular weight excluding hydrogens is 407 g/mol. The van der Waals surface area contributed by atoms with Gasteiger partial charge in [-0.1, -0.05) is 46.9 Å². The molecule has 0 fully saturated rings. The van der Waals surface area contributed by atoms with Crippen LogP contribution < -0.4 is 5.32 Å². The van der Waals surface area contributed by atoms with Crippen LogP contribution >= 0.6 is 34.8 Å². The number of halogens is 3. The first-order chi connectivity index (χ1) is 13.0. The van der Waals surface area contributed by atoms with E-state index in [2.05, 4.69) is 5.32 Å². The molecule has 0 radical (unpaired) electrons. The lowest BCUT2D eigenvalue weighted by atomic mass is 10.2. The van der Waals surface area contributed by atoms with Crippen LogP contribution in [0.1, 0.15) is 5.76 Å². The lowest BCUT2D eigenvalue weighted by molar-refractivity contribution is -0.112. The van der Waals surface area contributed by atoms with Gasteiger partial charge in [-0.25, -0.2) is 0 Å². The number of carbonyl (C=O) groups is 1. The van der Waals surface area contributed by atoms with Gasteiger partial charge in [0.15, 0.2) is 0 Å². The lowest BCUT2D eigenvalue weighted by Crippen LogP contribution is -2.13. The fourth-order valence-electron chi connectivity index (χ4n) is 2.35. The number of nitriles is 1. The van der Waals surface area contributed by atoms with Crippen molar-refractivity contribution in [3.05, 3.63) is 81.0 Å². The number of carbonyl (C=O) groups excluding carboxylic acids is 1. The van der Waals surface area contributed by atoms with E-state index in [-0.39, 0.29) is 5.57 Å². The van der Waals surface area contributed by atoms with Gasteiger partial charge in [0.25, 0.3) is 5.91 Å². The van der Waals surface area contributed by atoms with Gasteiger partial charge in [0.05, 0.1) is 5.02 Å². The molecule has 0 bridgehead atoms. The standard InChI is InChI=1S/C20H11Cl3N2O2/c21-13-8-14(22)10-15(9-13)25-20(26)12(11-24)7-16-5-6-19(27-16)17-3-1-2-4-18(17)23/h1-10H,(H,25,26)/b12-7+. The third-order valence-corrected chi connectivity index (χ3v) is 4.30. The fourth-order valence-corrected chi connectivity index (χ4v) is 3.11. The molecule has 134 valence electrons. The number of benzene rings is 2. The Labute approximate surface area is 170 Å². The van der Waals surface area contributed by atoms with Crippen LogP contribution in [0.5, 0.6) is 0 Å². The summed E-state index contributed by atoms with van der Waals surface area (Å²) < 4.78 is 5.69. The summed E-state index contributed by atoms with van der Waals surface area (Å²) in [6, 6.07) is 17.0. The van der Waals surface area contributed by atoms with E-state index in [9.17, 15) is 10.1 Å². The van der Waals surface area contributed by atoms with Crippen LogP contribution in [0.4, 0.5) is 5.69 Å². The maximum atomic E-state index is 12.4. The van der Waals surface area contributed by atoms with Crippen molar-refractivity contribution in [2.45, 2.75) is 0 Å². The van der Waals surface area contributed by atoms with Crippen LogP contribution in [0.2, 0.25) is 15.1 Å². The van der Waals surface area contributed by atoms with E-state index in [4.69, 9.17) is 39.2 Å². The van der Waals surface area contributed by atoms with E-state index < -0.39 is 5.91 Å². The second-order valence-corrected chi connectivity index (χ2v) is 6.74. The maximum absolute atomic E-state index is 12.4. The summed E-state index contributed by atoms with van der Waals surface area (Å²) in [5, 5.41) is 13.2. The largest absolute Gasteiger partial charge is 0.457 e. The molecule has 1 aromatic heterocycles. The molecule has 2 aromatic carbocycles. The Hall–Kier alpha value is -2.71. The van der Waals surface area contributed by atoms with Gasteiger partial charge in [-0.05, 0) is 42.5 Å². The van der Waals surface area contributed by atoms with Crippen molar-refractivity contribution in [2.75, 3.05) is 5.32 Å². The van der Waals surface area contributed by atoms with E-state index in [0.29, 0.717) is 32.3 Å².